The number of carbonyl (C=O) groups is 2. The third kappa shape index (κ3) is 8.01. The molecule has 4 nitrogen and oxygen atoms in total. The van der Waals surface area contributed by atoms with Gasteiger partial charge in [-0.05, 0) is 25.5 Å². The first-order valence-corrected chi connectivity index (χ1v) is 6.63. The lowest BCUT2D eigenvalue weighted by Gasteiger charge is -2.21. The summed E-state index contributed by atoms with van der Waals surface area (Å²) in [4.78, 5) is 26.6. The number of hydrogen-bond acceptors (Lipinski definition) is 3. The second-order valence-electron chi connectivity index (χ2n) is 4.64. The number of hydrogen-bond donors (Lipinski definition) is 0. The molecule has 0 radical (unpaired) electrons. The molecule has 0 saturated carbocycles. The Morgan fingerprint density at radius 1 is 1.11 bits per heavy atom. The van der Waals surface area contributed by atoms with Gasteiger partial charge in [0.15, 0.2) is 5.78 Å². The third-order valence-electron chi connectivity index (χ3n) is 2.56. The molecule has 0 aliphatic rings. The monoisotopic (exact) mass is 254 g/mol. The number of carbonyl (C=O) groups excluding carboxylic acids is 2. The Balaban J connectivity index is 4.19. The maximum absolute atomic E-state index is 11.6. The molecule has 0 aliphatic heterocycles. The van der Waals surface area contributed by atoms with Crippen LogP contribution in [-0.2, 0) is 9.59 Å². The Kier molecular flexibility index (Phi) is 9.19. The topological polar surface area (TPSA) is 40.6 Å². The van der Waals surface area contributed by atoms with Crippen LogP contribution >= 0.6 is 0 Å². The molecule has 0 saturated heterocycles. The van der Waals surface area contributed by atoms with E-state index in [1.54, 1.807) is 25.1 Å². The molecule has 0 bridgehead atoms. The van der Waals surface area contributed by atoms with Gasteiger partial charge in [-0.3, -0.25) is 14.5 Å². The van der Waals surface area contributed by atoms with Crippen molar-refractivity contribution in [2.75, 3.05) is 33.7 Å². The van der Waals surface area contributed by atoms with E-state index in [-0.39, 0.29) is 11.7 Å². The Hall–Kier alpha value is -1.16. The van der Waals surface area contributed by atoms with Crippen molar-refractivity contribution < 1.29 is 9.59 Å². The molecule has 0 aromatic heterocycles. The van der Waals surface area contributed by atoms with Gasteiger partial charge in [0.1, 0.15) is 0 Å². The molecule has 0 aromatic carbocycles. The van der Waals surface area contributed by atoms with Gasteiger partial charge in [-0.25, -0.2) is 0 Å². The van der Waals surface area contributed by atoms with Gasteiger partial charge in [0.25, 0.3) is 0 Å². The van der Waals surface area contributed by atoms with E-state index in [1.165, 1.54) is 0 Å². The van der Waals surface area contributed by atoms with Crippen molar-refractivity contribution in [2.45, 2.75) is 33.1 Å². The van der Waals surface area contributed by atoms with E-state index < -0.39 is 0 Å². The Morgan fingerprint density at radius 3 is 2.28 bits per heavy atom. The van der Waals surface area contributed by atoms with E-state index in [0.29, 0.717) is 19.5 Å². The van der Waals surface area contributed by atoms with Gasteiger partial charge in [-0.1, -0.05) is 19.9 Å². The molecule has 0 aliphatic carbocycles. The minimum Gasteiger partial charge on any atom is -0.348 e. The van der Waals surface area contributed by atoms with Crippen LogP contribution in [0.5, 0.6) is 0 Å². The maximum Gasteiger partial charge on any atom is 0.236 e. The Labute approximate surface area is 111 Å². The molecule has 1 amide bonds. The van der Waals surface area contributed by atoms with Gasteiger partial charge in [-0.15, -0.1) is 0 Å². The van der Waals surface area contributed by atoms with E-state index in [0.717, 1.165) is 19.4 Å². The van der Waals surface area contributed by atoms with Crippen LogP contribution in [0.1, 0.15) is 33.1 Å². The van der Waals surface area contributed by atoms with Crippen molar-refractivity contribution >= 4 is 11.7 Å². The molecule has 4 heteroatoms. The van der Waals surface area contributed by atoms with Crippen LogP contribution in [0, 0.1) is 0 Å². The number of likely N-dealkylation sites (N-methyl/N-ethyl adjacent to an activating group) is 1. The van der Waals surface area contributed by atoms with Crippen LogP contribution in [0.15, 0.2) is 12.2 Å². The first-order chi connectivity index (χ1) is 8.51. The predicted octanol–water partition coefficient (Wildman–Crippen LogP) is 1.71. The van der Waals surface area contributed by atoms with Crippen LogP contribution in [0.4, 0.5) is 0 Å². The van der Waals surface area contributed by atoms with Crippen molar-refractivity contribution in [1.82, 2.24) is 9.80 Å². The zero-order chi connectivity index (χ0) is 14.0. The largest absolute Gasteiger partial charge is 0.348 e. The van der Waals surface area contributed by atoms with Crippen molar-refractivity contribution in [2.24, 2.45) is 0 Å². The summed E-state index contributed by atoms with van der Waals surface area (Å²) in [5.41, 5.74) is 0. The lowest BCUT2D eigenvalue weighted by molar-refractivity contribution is -0.129. The summed E-state index contributed by atoms with van der Waals surface area (Å²) in [6.45, 7) is 6.01. The molecule has 0 fully saturated rings. The summed E-state index contributed by atoms with van der Waals surface area (Å²) < 4.78 is 0. The van der Waals surface area contributed by atoms with Crippen LogP contribution in [-0.4, -0.2) is 55.2 Å². The van der Waals surface area contributed by atoms with Gasteiger partial charge >= 0.3 is 0 Å². The normalized spacial score (nSPS) is 11.2. The maximum atomic E-state index is 11.6. The lowest BCUT2D eigenvalue weighted by Crippen LogP contribution is -2.37. The average molecular weight is 254 g/mol. The Morgan fingerprint density at radius 2 is 1.78 bits per heavy atom. The molecule has 0 atom stereocenters. The minimum atomic E-state index is 0.0942. The van der Waals surface area contributed by atoms with Crippen LogP contribution in [0.3, 0.4) is 0 Å². The summed E-state index contributed by atoms with van der Waals surface area (Å²) in [6.07, 6.45) is 5.96. The number of ketones is 1. The molecule has 0 N–H and O–H groups in total. The van der Waals surface area contributed by atoms with Crippen molar-refractivity contribution in [3.05, 3.63) is 12.2 Å². The lowest BCUT2D eigenvalue weighted by atomic mass is 10.2. The first kappa shape index (κ1) is 16.8. The molecule has 104 valence electrons. The van der Waals surface area contributed by atoms with E-state index in [9.17, 15) is 9.59 Å². The highest BCUT2D eigenvalue weighted by Crippen LogP contribution is 1.96. The first-order valence-electron chi connectivity index (χ1n) is 6.63. The average Bonchev–Trinajstić information content (AvgIpc) is 2.29. The number of allylic oxidation sites excluding steroid dienone is 1. The van der Waals surface area contributed by atoms with Crippen molar-refractivity contribution in [1.29, 1.82) is 0 Å². The zero-order valence-electron chi connectivity index (χ0n) is 12.1. The van der Waals surface area contributed by atoms with Crippen LogP contribution in [0.25, 0.3) is 0 Å². The van der Waals surface area contributed by atoms with E-state index >= 15 is 0 Å². The molecular formula is C14H26N2O2. The highest BCUT2D eigenvalue weighted by molar-refractivity contribution is 5.89. The molecule has 0 heterocycles. The standard InChI is InChI=1S/C14H26N2O2/c1-5-8-13(17)9-7-11-16(10-6-2)12-14(18)15(3)4/h7,9H,5-6,8,10-12H2,1-4H3/b9-7+. The van der Waals surface area contributed by atoms with Gasteiger partial charge in [0.05, 0.1) is 6.54 Å². The van der Waals surface area contributed by atoms with Crippen LogP contribution < -0.4 is 0 Å². The molecular weight excluding hydrogens is 228 g/mol. The number of rotatable bonds is 9. The quantitative estimate of drug-likeness (QED) is 0.588. The fraction of sp³-hybridized carbons (Fsp3) is 0.714. The van der Waals surface area contributed by atoms with Gasteiger partial charge in [-0.2, -0.15) is 0 Å². The van der Waals surface area contributed by atoms with Crippen molar-refractivity contribution in [3.63, 3.8) is 0 Å². The number of nitrogens with zero attached hydrogens (tertiary/aromatic N) is 2. The summed E-state index contributed by atoms with van der Waals surface area (Å²) in [6, 6.07) is 0. The van der Waals surface area contributed by atoms with Gasteiger partial charge in [0.2, 0.25) is 5.91 Å². The second kappa shape index (κ2) is 9.83. The third-order valence-corrected chi connectivity index (χ3v) is 2.56. The van der Waals surface area contributed by atoms with Crippen LogP contribution in [0.2, 0.25) is 0 Å². The molecule has 0 unspecified atom stereocenters. The Bertz CT molecular complexity index is 286. The fourth-order valence-corrected chi connectivity index (χ4v) is 1.55. The van der Waals surface area contributed by atoms with E-state index in [1.807, 2.05) is 13.0 Å². The van der Waals surface area contributed by atoms with Gasteiger partial charge in [0, 0.05) is 27.1 Å². The zero-order valence-corrected chi connectivity index (χ0v) is 12.1. The minimum absolute atomic E-state index is 0.0942. The molecule has 18 heavy (non-hydrogen) atoms. The molecule has 0 spiro atoms. The van der Waals surface area contributed by atoms with E-state index in [2.05, 4.69) is 11.8 Å². The highest BCUT2D eigenvalue weighted by Gasteiger charge is 2.10. The second-order valence-corrected chi connectivity index (χ2v) is 4.64. The van der Waals surface area contributed by atoms with Gasteiger partial charge < -0.3 is 4.90 Å². The number of amides is 1. The molecule has 0 aromatic rings. The summed E-state index contributed by atoms with van der Waals surface area (Å²) >= 11 is 0. The fourth-order valence-electron chi connectivity index (χ4n) is 1.55. The predicted molar refractivity (Wildman–Crippen MR) is 74.5 cm³/mol. The highest BCUT2D eigenvalue weighted by atomic mass is 16.2. The van der Waals surface area contributed by atoms with E-state index in [4.69, 9.17) is 0 Å². The summed E-state index contributed by atoms with van der Waals surface area (Å²) in [5.74, 6) is 0.254. The summed E-state index contributed by atoms with van der Waals surface area (Å²) in [5, 5.41) is 0. The molecule has 0 rings (SSSR count). The summed E-state index contributed by atoms with van der Waals surface area (Å²) in [7, 11) is 3.51. The van der Waals surface area contributed by atoms with Crippen molar-refractivity contribution in [3.8, 4) is 0 Å². The smallest absolute Gasteiger partial charge is 0.236 e. The SMILES string of the molecule is CCCC(=O)/C=C/CN(CCC)CC(=O)N(C)C.